The number of halogens is 1. The molecule has 0 aromatic rings. The second-order valence-corrected chi connectivity index (χ2v) is 4.69. The fraction of sp³-hybridized carbons (Fsp3) is 1.00. The predicted octanol–water partition coefficient (Wildman–Crippen LogP) is 3.05. The quantitative estimate of drug-likeness (QED) is 0.513. The van der Waals surface area contributed by atoms with Crippen LogP contribution in [0.5, 0.6) is 0 Å². The van der Waals surface area contributed by atoms with Crippen LogP contribution in [-0.2, 0) is 9.47 Å². The summed E-state index contributed by atoms with van der Waals surface area (Å²) in [7, 11) is 0. The molecule has 0 aliphatic heterocycles. The third kappa shape index (κ3) is 8.72. The molecule has 0 spiro atoms. The Bertz CT molecular complexity index is 103. The number of alkyl halides is 1. The van der Waals surface area contributed by atoms with E-state index in [-0.39, 0.29) is 6.29 Å². The van der Waals surface area contributed by atoms with E-state index in [9.17, 15) is 0 Å². The lowest BCUT2D eigenvalue weighted by Crippen LogP contribution is -2.23. The average molecular weight is 253 g/mol. The first-order chi connectivity index (χ1) is 6.06. The summed E-state index contributed by atoms with van der Waals surface area (Å²) in [6, 6.07) is 0. The van der Waals surface area contributed by atoms with E-state index in [2.05, 4.69) is 43.6 Å². The molecule has 3 heteroatoms. The van der Waals surface area contributed by atoms with Crippen LogP contribution in [0.1, 0.15) is 27.7 Å². The maximum atomic E-state index is 5.53. The normalized spacial score (nSPS) is 12.0. The average Bonchev–Trinajstić information content (AvgIpc) is 2.04. The molecule has 0 N–H and O–H groups in total. The van der Waals surface area contributed by atoms with Crippen molar-refractivity contribution in [1.29, 1.82) is 0 Å². The van der Waals surface area contributed by atoms with E-state index >= 15 is 0 Å². The van der Waals surface area contributed by atoms with Crippen LogP contribution in [0.3, 0.4) is 0 Å². The van der Waals surface area contributed by atoms with Gasteiger partial charge in [0.25, 0.3) is 0 Å². The second-order valence-electron chi connectivity index (χ2n) is 4.04. The van der Waals surface area contributed by atoms with Gasteiger partial charge < -0.3 is 9.47 Å². The molecule has 0 saturated carbocycles. The molecule has 0 aromatic carbocycles. The molecule has 2 nitrogen and oxygen atoms in total. The van der Waals surface area contributed by atoms with Crippen molar-refractivity contribution >= 4 is 15.9 Å². The van der Waals surface area contributed by atoms with Gasteiger partial charge in [0.1, 0.15) is 0 Å². The Morgan fingerprint density at radius 3 is 1.54 bits per heavy atom. The largest absolute Gasteiger partial charge is 0.352 e. The van der Waals surface area contributed by atoms with Crippen LogP contribution in [0.25, 0.3) is 0 Å². The Kier molecular flexibility index (Phi) is 8.01. The molecule has 0 amide bonds. The van der Waals surface area contributed by atoms with Gasteiger partial charge in [-0.1, -0.05) is 43.6 Å². The van der Waals surface area contributed by atoms with Gasteiger partial charge in [-0.15, -0.1) is 0 Å². The zero-order valence-corrected chi connectivity index (χ0v) is 10.6. The van der Waals surface area contributed by atoms with Crippen LogP contribution >= 0.6 is 15.9 Å². The van der Waals surface area contributed by atoms with Gasteiger partial charge >= 0.3 is 0 Å². The predicted molar refractivity (Wildman–Crippen MR) is 59.2 cm³/mol. The Labute approximate surface area is 90.1 Å². The van der Waals surface area contributed by atoms with Gasteiger partial charge in [-0.05, 0) is 11.8 Å². The van der Waals surface area contributed by atoms with Crippen molar-refractivity contribution in [3.8, 4) is 0 Å². The SMILES string of the molecule is CC(C)COC(CBr)OCC(C)C. The summed E-state index contributed by atoms with van der Waals surface area (Å²) in [5, 5.41) is 0.743. The molecule has 80 valence electrons. The van der Waals surface area contributed by atoms with Crippen molar-refractivity contribution < 1.29 is 9.47 Å². The molecule has 0 atom stereocenters. The summed E-state index contributed by atoms with van der Waals surface area (Å²) in [5.74, 6) is 1.12. The molecule has 0 heterocycles. The van der Waals surface area contributed by atoms with E-state index in [4.69, 9.17) is 9.47 Å². The lowest BCUT2D eigenvalue weighted by molar-refractivity contribution is -0.138. The van der Waals surface area contributed by atoms with Crippen molar-refractivity contribution in [2.24, 2.45) is 11.8 Å². The lowest BCUT2D eigenvalue weighted by Gasteiger charge is -2.18. The highest BCUT2D eigenvalue weighted by Crippen LogP contribution is 2.05. The fourth-order valence-electron chi connectivity index (χ4n) is 0.737. The molecular weight excluding hydrogens is 232 g/mol. The van der Waals surface area contributed by atoms with Gasteiger partial charge in [-0.2, -0.15) is 0 Å². The molecule has 0 aliphatic rings. The van der Waals surface area contributed by atoms with Gasteiger partial charge in [0.2, 0.25) is 0 Å². The third-order valence-electron chi connectivity index (χ3n) is 1.36. The van der Waals surface area contributed by atoms with E-state index in [1.807, 2.05) is 0 Å². The second kappa shape index (κ2) is 7.77. The molecule has 0 aliphatic carbocycles. The molecule has 0 unspecified atom stereocenters. The first kappa shape index (κ1) is 13.4. The van der Waals surface area contributed by atoms with Gasteiger partial charge in [0, 0.05) is 0 Å². The van der Waals surface area contributed by atoms with Crippen LogP contribution in [0.4, 0.5) is 0 Å². The van der Waals surface area contributed by atoms with Crippen molar-refractivity contribution in [2.45, 2.75) is 34.0 Å². The summed E-state index contributed by atoms with van der Waals surface area (Å²) in [5.41, 5.74) is 0. The van der Waals surface area contributed by atoms with Crippen molar-refractivity contribution in [1.82, 2.24) is 0 Å². The van der Waals surface area contributed by atoms with E-state index in [0.29, 0.717) is 11.8 Å². The number of ether oxygens (including phenoxy) is 2. The minimum absolute atomic E-state index is 0.0928. The lowest BCUT2D eigenvalue weighted by atomic mass is 10.2. The zero-order chi connectivity index (χ0) is 10.3. The number of hydrogen-bond acceptors (Lipinski definition) is 2. The van der Waals surface area contributed by atoms with E-state index < -0.39 is 0 Å². The number of rotatable bonds is 7. The topological polar surface area (TPSA) is 18.5 Å². The first-order valence-electron chi connectivity index (χ1n) is 4.85. The highest BCUT2D eigenvalue weighted by atomic mass is 79.9. The summed E-state index contributed by atoms with van der Waals surface area (Å²) in [4.78, 5) is 0. The van der Waals surface area contributed by atoms with Crippen LogP contribution < -0.4 is 0 Å². The molecule has 13 heavy (non-hydrogen) atoms. The monoisotopic (exact) mass is 252 g/mol. The Morgan fingerprint density at radius 2 is 1.31 bits per heavy atom. The molecule has 0 fully saturated rings. The zero-order valence-electron chi connectivity index (χ0n) is 9.05. The van der Waals surface area contributed by atoms with Crippen LogP contribution in [0.2, 0.25) is 0 Å². The molecule has 0 saturated heterocycles. The molecule has 0 aromatic heterocycles. The highest BCUT2D eigenvalue weighted by Gasteiger charge is 2.09. The van der Waals surface area contributed by atoms with Crippen LogP contribution in [0, 0.1) is 11.8 Å². The van der Waals surface area contributed by atoms with Crippen molar-refractivity contribution in [2.75, 3.05) is 18.5 Å². The minimum Gasteiger partial charge on any atom is -0.352 e. The van der Waals surface area contributed by atoms with E-state index in [1.165, 1.54) is 0 Å². The molecule has 0 rings (SSSR count). The van der Waals surface area contributed by atoms with Crippen LogP contribution in [-0.4, -0.2) is 24.8 Å². The summed E-state index contributed by atoms with van der Waals surface area (Å²) in [6.07, 6.45) is -0.0928. The smallest absolute Gasteiger partial charge is 0.167 e. The fourth-order valence-corrected chi connectivity index (χ4v) is 1.11. The highest BCUT2D eigenvalue weighted by molar-refractivity contribution is 9.09. The van der Waals surface area contributed by atoms with Gasteiger partial charge in [-0.3, -0.25) is 0 Å². The van der Waals surface area contributed by atoms with Gasteiger partial charge in [0.05, 0.1) is 18.5 Å². The Hall–Kier alpha value is 0.400. The maximum absolute atomic E-state index is 5.53. The summed E-state index contributed by atoms with van der Waals surface area (Å²) in [6.45, 7) is 10.0. The molecule has 0 radical (unpaired) electrons. The Morgan fingerprint density at radius 1 is 0.923 bits per heavy atom. The summed E-state index contributed by atoms with van der Waals surface area (Å²) < 4.78 is 11.1. The van der Waals surface area contributed by atoms with Crippen molar-refractivity contribution in [3.05, 3.63) is 0 Å². The minimum atomic E-state index is -0.0928. The van der Waals surface area contributed by atoms with E-state index in [0.717, 1.165) is 18.5 Å². The van der Waals surface area contributed by atoms with Crippen molar-refractivity contribution in [3.63, 3.8) is 0 Å². The molecule has 0 bridgehead atoms. The van der Waals surface area contributed by atoms with Gasteiger partial charge in [0.15, 0.2) is 6.29 Å². The van der Waals surface area contributed by atoms with Gasteiger partial charge in [-0.25, -0.2) is 0 Å². The van der Waals surface area contributed by atoms with E-state index in [1.54, 1.807) is 0 Å². The standard InChI is InChI=1S/C10H21BrO2/c1-8(2)6-12-10(5-11)13-7-9(3)4/h8-10H,5-7H2,1-4H3. The summed E-state index contributed by atoms with van der Waals surface area (Å²) >= 11 is 3.37. The third-order valence-corrected chi connectivity index (χ3v) is 1.89. The molecular formula is C10H21BrO2. The Balaban J connectivity index is 3.51. The first-order valence-corrected chi connectivity index (χ1v) is 5.97. The van der Waals surface area contributed by atoms with Crippen LogP contribution in [0.15, 0.2) is 0 Å². The number of hydrogen-bond donors (Lipinski definition) is 0. The maximum Gasteiger partial charge on any atom is 0.167 e.